The van der Waals surface area contributed by atoms with Gasteiger partial charge in [-0.05, 0) is 26.2 Å². The summed E-state index contributed by atoms with van der Waals surface area (Å²) in [6.07, 6.45) is 4.74. The van der Waals surface area contributed by atoms with Crippen molar-refractivity contribution < 1.29 is 9.59 Å². The van der Waals surface area contributed by atoms with Crippen molar-refractivity contribution in [3.63, 3.8) is 0 Å². The van der Waals surface area contributed by atoms with E-state index in [0.29, 0.717) is 13.0 Å². The Morgan fingerprint density at radius 3 is 2.50 bits per heavy atom. The molecule has 0 bridgehead atoms. The topological polar surface area (TPSA) is 84.2 Å². The minimum atomic E-state index is -0.701. The number of hydrogen-bond donors (Lipinski definition) is 3. The molecule has 0 saturated heterocycles. The van der Waals surface area contributed by atoms with E-state index in [1.165, 1.54) is 0 Å². The van der Waals surface area contributed by atoms with E-state index in [0.717, 1.165) is 32.1 Å². The maximum atomic E-state index is 11.9. The third-order valence-corrected chi connectivity index (χ3v) is 3.61. The summed E-state index contributed by atoms with van der Waals surface area (Å²) in [5, 5.41) is 5.62. The van der Waals surface area contributed by atoms with Gasteiger partial charge in [0, 0.05) is 19.0 Å². The monoisotopic (exact) mass is 255 g/mol. The molecular formula is C13H25N3O2. The van der Waals surface area contributed by atoms with Crippen molar-refractivity contribution >= 4 is 11.8 Å². The van der Waals surface area contributed by atoms with Gasteiger partial charge in [-0.1, -0.05) is 19.8 Å². The van der Waals surface area contributed by atoms with Crippen LogP contribution in [-0.4, -0.2) is 29.9 Å². The van der Waals surface area contributed by atoms with Gasteiger partial charge in [-0.2, -0.15) is 0 Å². The van der Waals surface area contributed by atoms with Crippen LogP contribution in [-0.2, 0) is 9.59 Å². The molecule has 1 unspecified atom stereocenters. The predicted molar refractivity (Wildman–Crippen MR) is 70.9 cm³/mol. The Hall–Kier alpha value is -1.10. The first-order chi connectivity index (χ1) is 8.48. The van der Waals surface area contributed by atoms with E-state index in [-0.39, 0.29) is 17.9 Å². The summed E-state index contributed by atoms with van der Waals surface area (Å²) in [4.78, 5) is 23.4. The predicted octanol–water partition coefficient (Wildman–Crippen LogP) is 0.679. The average Bonchev–Trinajstić information content (AvgIpc) is 2.77. The molecule has 1 atom stereocenters. The molecule has 1 rings (SSSR count). The Morgan fingerprint density at radius 1 is 1.33 bits per heavy atom. The van der Waals surface area contributed by atoms with Crippen LogP contribution < -0.4 is 16.4 Å². The molecule has 5 heteroatoms. The van der Waals surface area contributed by atoms with Crippen LogP contribution in [0.15, 0.2) is 0 Å². The van der Waals surface area contributed by atoms with Gasteiger partial charge in [0.25, 0.3) is 0 Å². The highest BCUT2D eigenvalue weighted by molar-refractivity contribution is 5.86. The standard InChI is InChI=1S/C13H25N3O2/c1-3-10(2)16-11(17)6-9-15-12(18)13(14)7-4-5-8-13/h10H,3-9,14H2,1-2H3,(H,15,18)(H,16,17). The van der Waals surface area contributed by atoms with Gasteiger partial charge in [0.05, 0.1) is 5.54 Å². The zero-order chi connectivity index (χ0) is 13.6. The quantitative estimate of drug-likeness (QED) is 0.652. The molecule has 4 N–H and O–H groups in total. The van der Waals surface area contributed by atoms with Crippen LogP contribution in [0.5, 0.6) is 0 Å². The number of nitrogens with one attached hydrogen (secondary N) is 2. The summed E-state index contributed by atoms with van der Waals surface area (Å²) >= 11 is 0. The molecule has 0 radical (unpaired) electrons. The number of rotatable bonds is 6. The molecule has 1 fully saturated rings. The summed E-state index contributed by atoms with van der Waals surface area (Å²) in [6.45, 7) is 4.34. The second-order valence-electron chi connectivity index (χ2n) is 5.25. The SMILES string of the molecule is CCC(C)NC(=O)CCNC(=O)C1(N)CCCC1. The smallest absolute Gasteiger partial charge is 0.240 e. The van der Waals surface area contributed by atoms with Crippen molar-refractivity contribution in [1.82, 2.24) is 10.6 Å². The summed E-state index contributed by atoms with van der Waals surface area (Å²) in [5.41, 5.74) is 5.31. The molecule has 0 heterocycles. The molecule has 0 spiro atoms. The molecule has 104 valence electrons. The fourth-order valence-electron chi connectivity index (χ4n) is 2.15. The second-order valence-corrected chi connectivity index (χ2v) is 5.25. The van der Waals surface area contributed by atoms with Crippen LogP contribution in [0.1, 0.15) is 52.4 Å². The van der Waals surface area contributed by atoms with E-state index in [1.54, 1.807) is 0 Å². The molecule has 0 aliphatic heterocycles. The largest absolute Gasteiger partial charge is 0.354 e. The number of amides is 2. The fraction of sp³-hybridized carbons (Fsp3) is 0.846. The van der Waals surface area contributed by atoms with Crippen LogP contribution in [0.2, 0.25) is 0 Å². The van der Waals surface area contributed by atoms with Crippen molar-refractivity contribution in [2.75, 3.05) is 6.54 Å². The maximum absolute atomic E-state index is 11.9. The minimum Gasteiger partial charge on any atom is -0.354 e. The zero-order valence-corrected chi connectivity index (χ0v) is 11.4. The van der Waals surface area contributed by atoms with Gasteiger partial charge in [-0.3, -0.25) is 9.59 Å². The highest BCUT2D eigenvalue weighted by atomic mass is 16.2. The first kappa shape index (κ1) is 15.0. The molecular weight excluding hydrogens is 230 g/mol. The van der Waals surface area contributed by atoms with Gasteiger partial charge in [0.15, 0.2) is 0 Å². The van der Waals surface area contributed by atoms with Crippen LogP contribution in [0.25, 0.3) is 0 Å². The van der Waals surface area contributed by atoms with Crippen molar-refractivity contribution in [1.29, 1.82) is 0 Å². The third kappa shape index (κ3) is 4.29. The van der Waals surface area contributed by atoms with Crippen LogP contribution >= 0.6 is 0 Å². The first-order valence-electron chi connectivity index (χ1n) is 6.84. The van der Waals surface area contributed by atoms with Crippen LogP contribution in [0.3, 0.4) is 0 Å². The summed E-state index contributed by atoms with van der Waals surface area (Å²) < 4.78 is 0. The van der Waals surface area contributed by atoms with Crippen molar-refractivity contribution in [2.45, 2.75) is 64.0 Å². The first-order valence-corrected chi connectivity index (χ1v) is 6.84. The Bertz CT molecular complexity index is 299. The van der Waals surface area contributed by atoms with E-state index < -0.39 is 5.54 Å². The molecule has 2 amide bonds. The number of carbonyl (C=O) groups excluding carboxylic acids is 2. The lowest BCUT2D eigenvalue weighted by molar-refractivity contribution is -0.126. The lowest BCUT2D eigenvalue weighted by Gasteiger charge is -2.22. The molecule has 1 aliphatic rings. The van der Waals surface area contributed by atoms with Gasteiger partial charge >= 0.3 is 0 Å². The Labute approximate surface area is 109 Å². The van der Waals surface area contributed by atoms with Crippen molar-refractivity contribution in [2.24, 2.45) is 5.73 Å². The minimum absolute atomic E-state index is 0.0258. The molecule has 1 saturated carbocycles. The number of carbonyl (C=O) groups is 2. The summed E-state index contributed by atoms with van der Waals surface area (Å²) in [6, 6.07) is 0.184. The Balaban J connectivity index is 2.21. The summed E-state index contributed by atoms with van der Waals surface area (Å²) in [5.74, 6) is -0.140. The lowest BCUT2D eigenvalue weighted by Crippen LogP contribution is -2.52. The Morgan fingerprint density at radius 2 is 1.94 bits per heavy atom. The average molecular weight is 255 g/mol. The third-order valence-electron chi connectivity index (χ3n) is 3.61. The van der Waals surface area contributed by atoms with E-state index in [9.17, 15) is 9.59 Å². The molecule has 1 aliphatic carbocycles. The van der Waals surface area contributed by atoms with Crippen LogP contribution in [0, 0.1) is 0 Å². The Kier molecular flexibility index (Phi) is 5.59. The number of hydrogen-bond acceptors (Lipinski definition) is 3. The number of nitrogens with two attached hydrogens (primary N) is 1. The van der Waals surface area contributed by atoms with E-state index in [4.69, 9.17) is 5.73 Å². The van der Waals surface area contributed by atoms with Crippen molar-refractivity contribution in [3.05, 3.63) is 0 Å². The molecule has 18 heavy (non-hydrogen) atoms. The second kappa shape index (κ2) is 6.73. The maximum Gasteiger partial charge on any atom is 0.240 e. The van der Waals surface area contributed by atoms with Gasteiger partial charge in [0.1, 0.15) is 0 Å². The van der Waals surface area contributed by atoms with E-state index >= 15 is 0 Å². The van der Waals surface area contributed by atoms with Gasteiger partial charge in [0.2, 0.25) is 11.8 Å². The zero-order valence-electron chi connectivity index (χ0n) is 11.4. The van der Waals surface area contributed by atoms with Gasteiger partial charge in [-0.25, -0.2) is 0 Å². The molecule has 5 nitrogen and oxygen atoms in total. The lowest BCUT2D eigenvalue weighted by atomic mass is 9.98. The normalized spacial score (nSPS) is 19.3. The van der Waals surface area contributed by atoms with Gasteiger partial charge in [-0.15, -0.1) is 0 Å². The van der Waals surface area contributed by atoms with E-state index in [1.807, 2.05) is 13.8 Å². The highest BCUT2D eigenvalue weighted by Gasteiger charge is 2.36. The molecule has 0 aromatic heterocycles. The van der Waals surface area contributed by atoms with E-state index in [2.05, 4.69) is 10.6 Å². The summed E-state index contributed by atoms with van der Waals surface area (Å²) in [7, 11) is 0. The highest BCUT2D eigenvalue weighted by Crippen LogP contribution is 2.27. The van der Waals surface area contributed by atoms with Gasteiger partial charge < -0.3 is 16.4 Å². The molecule has 0 aromatic rings. The fourth-order valence-corrected chi connectivity index (χ4v) is 2.15. The molecule has 0 aromatic carbocycles. The van der Waals surface area contributed by atoms with Crippen LogP contribution in [0.4, 0.5) is 0 Å². The van der Waals surface area contributed by atoms with Crippen molar-refractivity contribution in [3.8, 4) is 0 Å².